The average molecular weight is 438 g/mol. The number of hydrogen-bond donors (Lipinski definition) is 1. The highest BCUT2D eigenvalue weighted by Gasteiger charge is 2.14. The summed E-state index contributed by atoms with van der Waals surface area (Å²) in [6.07, 6.45) is 0.936. The first-order valence-corrected chi connectivity index (χ1v) is 9.19. The van der Waals surface area contributed by atoms with Gasteiger partial charge in [-0.25, -0.2) is 0 Å². The zero-order valence-electron chi connectivity index (χ0n) is 15.9. The molecule has 0 aliphatic rings. The predicted octanol–water partition coefficient (Wildman–Crippen LogP) is 3.38. The van der Waals surface area contributed by atoms with Gasteiger partial charge in [0.25, 0.3) is 0 Å². The van der Waals surface area contributed by atoms with Crippen LogP contribution in [0.1, 0.15) is 11.1 Å². The zero-order valence-corrected chi connectivity index (χ0v) is 17.5. The first kappa shape index (κ1) is 20.9. The van der Waals surface area contributed by atoms with Crippen LogP contribution in [0.3, 0.4) is 0 Å². The molecule has 0 fully saturated rings. The molecule has 1 amide bonds. The molecule has 7 heteroatoms. The third-order valence-electron chi connectivity index (χ3n) is 4.04. The SMILES string of the molecule is COc1cc(CCNC(=O)Cc2cc(OC)c(OC)c(OC)c2)ccc1Br. The molecule has 0 saturated heterocycles. The van der Waals surface area contributed by atoms with Crippen LogP contribution in [0.25, 0.3) is 0 Å². The van der Waals surface area contributed by atoms with Crippen molar-refractivity contribution in [2.75, 3.05) is 35.0 Å². The minimum atomic E-state index is -0.0756. The molecule has 0 atom stereocenters. The lowest BCUT2D eigenvalue weighted by atomic mass is 10.1. The maximum absolute atomic E-state index is 12.3. The van der Waals surface area contributed by atoms with Crippen LogP contribution < -0.4 is 24.3 Å². The summed E-state index contributed by atoms with van der Waals surface area (Å²) in [4.78, 5) is 12.3. The Morgan fingerprint density at radius 1 is 0.889 bits per heavy atom. The van der Waals surface area contributed by atoms with Crippen molar-refractivity contribution in [2.24, 2.45) is 0 Å². The van der Waals surface area contributed by atoms with Crippen LogP contribution in [0.5, 0.6) is 23.0 Å². The van der Waals surface area contributed by atoms with Gasteiger partial charge < -0.3 is 24.3 Å². The van der Waals surface area contributed by atoms with Gasteiger partial charge in [0, 0.05) is 6.54 Å². The van der Waals surface area contributed by atoms with Gasteiger partial charge in [0.2, 0.25) is 11.7 Å². The Morgan fingerprint density at radius 3 is 2.04 bits per heavy atom. The molecule has 0 aliphatic carbocycles. The predicted molar refractivity (Wildman–Crippen MR) is 107 cm³/mol. The van der Waals surface area contributed by atoms with E-state index in [0.717, 1.165) is 21.3 Å². The lowest BCUT2D eigenvalue weighted by Crippen LogP contribution is -2.27. The molecule has 27 heavy (non-hydrogen) atoms. The van der Waals surface area contributed by atoms with Crippen molar-refractivity contribution in [3.63, 3.8) is 0 Å². The monoisotopic (exact) mass is 437 g/mol. The highest BCUT2D eigenvalue weighted by atomic mass is 79.9. The van der Waals surface area contributed by atoms with Crippen molar-refractivity contribution in [1.82, 2.24) is 5.32 Å². The first-order valence-electron chi connectivity index (χ1n) is 8.40. The smallest absolute Gasteiger partial charge is 0.224 e. The Morgan fingerprint density at radius 2 is 1.48 bits per heavy atom. The van der Waals surface area contributed by atoms with Gasteiger partial charge in [0.15, 0.2) is 11.5 Å². The summed E-state index contributed by atoms with van der Waals surface area (Å²) in [7, 11) is 6.27. The Balaban J connectivity index is 1.96. The number of hydrogen-bond acceptors (Lipinski definition) is 5. The van der Waals surface area contributed by atoms with Gasteiger partial charge in [-0.15, -0.1) is 0 Å². The fourth-order valence-corrected chi connectivity index (χ4v) is 3.10. The second kappa shape index (κ2) is 10.1. The van der Waals surface area contributed by atoms with Crippen molar-refractivity contribution < 1.29 is 23.7 Å². The topological polar surface area (TPSA) is 66.0 Å². The number of rotatable bonds is 9. The van der Waals surface area contributed by atoms with E-state index in [1.807, 2.05) is 18.2 Å². The Kier molecular flexibility index (Phi) is 7.79. The summed E-state index contributed by atoms with van der Waals surface area (Å²) in [5.74, 6) is 2.26. The maximum atomic E-state index is 12.3. The summed E-state index contributed by atoms with van der Waals surface area (Å²) in [6, 6.07) is 9.44. The molecule has 6 nitrogen and oxygen atoms in total. The molecule has 0 spiro atoms. The molecule has 0 bridgehead atoms. The fourth-order valence-electron chi connectivity index (χ4n) is 2.69. The molecule has 0 heterocycles. The number of benzene rings is 2. The van der Waals surface area contributed by atoms with Gasteiger partial charge >= 0.3 is 0 Å². The number of nitrogens with one attached hydrogen (secondary N) is 1. The van der Waals surface area contributed by atoms with Crippen LogP contribution in [0.4, 0.5) is 0 Å². The van der Waals surface area contributed by atoms with Crippen LogP contribution in [-0.2, 0) is 17.6 Å². The van der Waals surface area contributed by atoms with E-state index < -0.39 is 0 Å². The first-order chi connectivity index (χ1) is 13.0. The minimum absolute atomic E-state index is 0.0756. The third kappa shape index (κ3) is 5.53. The number of amides is 1. The Bertz CT molecular complexity index is 769. The molecule has 0 unspecified atom stereocenters. The Labute approximate surface area is 167 Å². The Hall–Kier alpha value is -2.41. The van der Waals surface area contributed by atoms with Crippen molar-refractivity contribution in [1.29, 1.82) is 0 Å². The molecule has 0 aromatic heterocycles. The molecular weight excluding hydrogens is 414 g/mol. The largest absolute Gasteiger partial charge is 0.496 e. The van der Waals surface area contributed by atoms with E-state index in [4.69, 9.17) is 18.9 Å². The number of halogens is 1. The molecule has 2 aromatic carbocycles. The van der Waals surface area contributed by atoms with E-state index >= 15 is 0 Å². The van der Waals surface area contributed by atoms with E-state index in [2.05, 4.69) is 21.2 Å². The lowest BCUT2D eigenvalue weighted by Gasteiger charge is -2.14. The number of ether oxygens (including phenoxy) is 4. The summed E-state index contributed by atoms with van der Waals surface area (Å²) in [6.45, 7) is 0.536. The van der Waals surface area contributed by atoms with E-state index in [0.29, 0.717) is 30.2 Å². The van der Waals surface area contributed by atoms with Gasteiger partial charge in [-0.1, -0.05) is 6.07 Å². The quantitative estimate of drug-likeness (QED) is 0.651. The average Bonchev–Trinajstić information content (AvgIpc) is 2.68. The van der Waals surface area contributed by atoms with Crippen LogP contribution in [0.2, 0.25) is 0 Å². The van der Waals surface area contributed by atoms with E-state index in [1.54, 1.807) is 40.6 Å². The molecule has 2 aromatic rings. The van der Waals surface area contributed by atoms with Gasteiger partial charge in [0.1, 0.15) is 5.75 Å². The number of carbonyl (C=O) groups excluding carboxylic acids is 1. The van der Waals surface area contributed by atoms with E-state index in [-0.39, 0.29) is 12.3 Å². The number of carbonyl (C=O) groups is 1. The van der Waals surface area contributed by atoms with Crippen LogP contribution >= 0.6 is 15.9 Å². The van der Waals surface area contributed by atoms with Crippen LogP contribution in [0, 0.1) is 0 Å². The molecule has 0 saturated carbocycles. The van der Waals surface area contributed by atoms with E-state index in [9.17, 15) is 4.79 Å². The van der Waals surface area contributed by atoms with Gasteiger partial charge in [0.05, 0.1) is 39.3 Å². The van der Waals surface area contributed by atoms with Gasteiger partial charge in [-0.05, 0) is 57.7 Å². The third-order valence-corrected chi connectivity index (χ3v) is 4.70. The summed E-state index contributed by atoms with van der Waals surface area (Å²) < 4.78 is 22.1. The number of methoxy groups -OCH3 is 4. The summed E-state index contributed by atoms with van der Waals surface area (Å²) in [5, 5.41) is 2.93. The molecule has 146 valence electrons. The van der Waals surface area contributed by atoms with Crippen LogP contribution in [0.15, 0.2) is 34.8 Å². The second-order valence-corrected chi connectivity index (χ2v) is 6.63. The zero-order chi connectivity index (χ0) is 19.8. The molecule has 2 rings (SSSR count). The van der Waals surface area contributed by atoms with Crippen molar-refractivity contribution in [3.05, 3.63) is 45.9 Å². The molecule has 1 N–H and O–H groups in total. The minimum Gasteiger partial charge on any atom is -0.496 e. The van der Waals surface area contributed by atoms with Crippen molar-refractivity contribution >= 4 is 21.8 Å². The summed E-state index contributed by atoms with van der Waals surface area (Å²) in [5.41, 5.74) is 1.87. The van der Waals surface area contributed by atoms with Gasteiger partial charge in [-0.2, -0.15) is 0 Å². The maximum Gasteiger partial charge on any atom is 0.224 e. The normalized spacial score (nSPS) is 10.3. The van der Waals surface area contributed by atoms with Crippen molar-refractivity contribution in [3.8, 4) is 23.0 Å². The molecular formula is C20H24BrNO5. The highest BCUT2D eigenvalue weighted by Crippen LogP contribution is 2.38. The summed E-state index contributed by atoms with van der Waals surface area (Å²) >= 11 is 3.43. The molecule has 0 aliphatic heterocycles. The fraction of sp³-hybridized carbons (Fsp3) is 0.350. The lowest BCUT2D eigenvalue weighted by molar-refractivity contribution is -0.120. The van der Waals surface area contributed by atoms with Crippen LogP contribution in [-0.4, -0.2) is 40.9 Å². The standard InChI is InChI=1S/C20H24BrNO5/c1-24-16-9-13(5-6-15(16)21)7-8-22-19(23)12-14-10-17(25-2)20(27-4)18(11-14)26-3/h5-6,9-11H,7-8,12H2,1-4H3,(H,22,23). The second-order valence-electron chi connectivity index (χ2n) is 5.78. The highest BCUT2D eigenvalue weighted by molar-refractivity contribution is 9.10. The van der Waals surface area contributed by atoms with Crippen molar-refractivity contribution in [2.45, 2.75) is 12.8 Å². The molecule has 0 radical (unpaired) electrons. The van der Waals surface area contributed by atoms with Gasteiger partial charge in [-0.3, -0.25) is 4.79 Å². The van der Waals surface area contributed by atoms with E-state index in [1.165, 1.54) is 0 Å².